The zero-order chi connectivity index (χ0) is 24.8. The number of ketones is 1. The van der Waals surface area contributed by atoms with Crippen LogP contribution in [0.5, 0.6) is 0 Å². The van der Waals surface area contributed by atoms with E-state index in [1.54, 1.807) is 24.3 Å². The van der Waals surface area contributed by atoms with Crippen LogP contribution >= 0.6 is 0 Å². The molecule has 0 bridgehead atoms. The Morgan fingerprint density at radius 1 is 1.11 bits per heavy atom. The summed E-state index contributed by atoms with van der Waals surface area (Å²) in [6.45, 7) is 3.15. The fourth-order valence-corrected chi connectivity index (χ4v) is 5.25. The van der Waals surface area contributed by atoms with Crippen molar-refractivity contribution in [1.29, 1.82) is 0 Å². The van der Waals surface area contributed by atoms with Crippen molar-refractivity contribution in [3.8, 4) is 0 Å². The van der Waals surface area contributed by atoms with Crippen molar-refractivity contribution in [1.82, 2.24) is 15.2 Å². The molecule has 186 valence electrons. The van der Waals surface area contributed by atoms with Gasteiger partial charge in [-0.15, -0.1) is 0 Å². The Kier molecular flexibility index (Phi) is 8.29. The molecule has 1 amide bonds. The van der Waals surface area contributed by atoms with Crippen LogP contribution in [0.25, 0.3) is 0 Å². The summed E-state index contributed by atoms with van der Waals surface area (Å²) in [6.07, 6.45) is 7.62. The average Bonchev–Trinajstić information content (AvgIpc) is 2.87. The molecule has 1 aliphatic carbocycles. The Labute approximate surface area is 206 Å². The molecule has 4 rings (SSSR count). The van der Waals surface area contributed by atoms with Gasteiger partial charge >= 0.3 is 5.97 Å². The lowest BCUT2D eigenvalue weighted by Gasteiger charge is -2.35. The SMILES string of the molecule is CC(=O)c1cccc(C(C(=O)O)N2CCC(C(=O)NCCCc3ccc4c(n3)CCCC4)CC2)c1. The van der Waals surface area contributed by atoms with E-state index in [1.807, 2.05) is 4.90 Å². The quantitative estimate of drug-likeness (QED) is 0.422. The minimum atomic E-state index is -0.940. The van der Waals surface area contributed by atoms with E-state index >= 15 is 0 Å². The first-order valence-electron chi connectivity index (χ1n) is 12.8. The van der Waals surface area contributed by atoms with Gasteiger partial charge in [0.15, 0.2) is 5.78 Å². The minimum Gasteiger partial charge on any atom is -0.480 e. The summed E-state index contributed by atoms with van der Waals surface area (Å²) in [6, 6.07) is 10.3. The number of aromatic nitrogens is 1. The van der Waals surface area contributed by atoms with E-state index in [9.17, 15) is 19.5 Å². The van der Waals surface area contributed by atoms with Crippen LogP contribution < -0.4 is 5.32 Å². The number of nitrogens with zero attached hydrogens (tertiary/aromatic N) is 2. The highest BCUT2D eigenvalue weighted by atomic mass is 16.4. The Morgan fingerprint density at radius 2 is 1.89 bits per heavy atom. The normalized spacial score (nSPS) is 17.4. The molecule has 0 spiro atoms. The van der Waals surface area contributed by atoms with Crippen molar-refractivity contribution < 1.29 is 19.5 Å². The smallest absolute Gasteiger partial charge is 0.325 e. The predicted molar refractivity (Wildman–Crippen MR) is 133 cm³/mol. The number of carbonyl (C=O) groups is 3. The second-order valence-corrected chi connectivity index (χ2v) is 9.74. The molecule has 1 unspecified atom stereocenters. The van der Waals surface area contributed by atoms with E-state index in [0.29, 0.717) is 43.6 Å². The zero-order valence-corrected chi connectivity index (χ0v) is 20.5. The number of carboxylic acids is 1. The van der Waals surface area contributed by atoms with Gasteiger partial charge in [-0.05, 0) is 81.5 Å². The van der Waals surface area contributed by atoms with Crippen LogP contribution in [0, 0.1) is 5.92 Å². The first-order chi connectivity index (χ1) is 16.9. The molecule has 1 aromatic heterocycles. The lowest BCUT2D eigenvalue weighted by atomic mass is 9.93. The van der Waals surface area contributed by atoms with Gasteiger partial charge in [-0.25, -0.2) is 0 Å². The van der Waals surface area contributed by atoms with Gasteiger partial charge in [0.2, 0.25) is 5.91 Å². The molecule has 0 radical (unpaired) electrons. The Bertz CT molecular complexity index is 1080. The molecule has 1 saturated heterocycles. The largest absolute Gasteiger partial charge is 0.480 e. The summed E-state index contributed by atoms with van der Waals surface area (Å²) in [5.41, 5.74) is 4.84. The number of carbonyl (C=O) groups excluding carboxylic acids is 2. The number of rotatable bonds is 9. The number of fused-ring (bicyclic) bond motifs is 1. The highest BCUT2D eigenvalue weighted by Crippen LogP contribution is 2.28. The summed E-state index contributed by atoms with van der Waals surface area (Å²) < 4.78 is 0. The number of benzene rings is 1. The first kappa shape index (κ1) is 25.0. The molecule has 2 aliphatic rings. The number of hydrogen-bond acceptors (Lipinski definition) is 5. The first-order valence-corrected chi connectivity index (χ1v) is 12.8. The fourth-order valence-electron chi connectivity index (χ4n) is 5.25. The van der Waals surface area contributed by atoms with E-state index < -0.39 is 12.0 Å². The van der Waals surface area contributed by atoms with Crippen LogP contribution in [0.2, 0.25) is 0 Å². The minimum absolute atomic E-state index is 0.0495. The molecule has 2 N–H and O–H groups in total. The van der Waals surface area contributed by atoms with Gasteiger partial charge < -0.3 is 10.4 Å². The molecule has 7 heteroatoms. The lowest BCUT2D eigenvalue weighted by Crippen LogP contribution is -2.44. The van der Waals surface area contributed by atoms with Crippen molar-refractivity contribution in [2.24, 2.45) is 5.92 Å². The summed E-state index contributed by atoms with van der Waals surface area (Å²) in [7, 11) is 0. The van der Waals surface area contributed by atoms with Crippen molar-refractivity contribution >= 4 is 17.7 Å². The Balaban J connectivity index is 1.24. The van der Waals surface area contributed by atoms with Gasteiger partial charge in [-0.2, -0.15) is 0 Å². The van der Waals surface area contributed by atoms with Crippen molar-refractivity contribution in [3.05, 3.63) is 64.5 Å². The molecule has 2 heterocycles. The van der Waals surface area contributed by atoms with E-state index in [0.717, 1.165) is 31.4 Å². The number of aliphatic carboxylic acids is 1. The number of nitrogens with one attached hydrogen (secondary N) is 1. The van der Waals surface area contributed by atoms with Gasteiger partial charge in [0.1, 0.15) is 6.04 Å². The standard InChI is InChI=1S/C28H35N3O4/c1-19(32)22-7-4-8-23(18-22)26(28(34)35)31-16-13-21(14-17-31)27(33)29-15-5-9-24-12-11-20-6-2-3-10-25(20)30-24/h4,7-8,11-12,18,21,26H,2-3,5-6,9-10,13-17H2,1H3,(H,29,33)(H,34,35). The molecule has 0 saturated carbocycles. The molecule has 7 nitrogen and oxygen atoms in total. The van der Waals surface area contributed by atoms with Crippen LogP contribution in [0.4, 0.5) is 0 Å². The van der Waals surface area contributed by atoms with Crippen molar-refractivity contribution in [2.45, 2.75) is 64.3 Å². The Morgan fingerprint density at radius 3 is 2.63 bits per heavy atom. The third kappa shape index (κ3) is 6.34. The van der Waals surface area contributed by atoms with E-state index in [-0.39, 0.29) is 17.6 Å². The highest BCUT2D eigenvalue weighted by Gasteiger charge is 2.33. The molecule has 2 aromatic rings. The van der Waals surface area contributed by atoms with E-state index in [2.05, 4.69) is 17.4 Å². The molecule has 35 heavy (non-hydrogen) atoms. The molecule has 1 aliphatic heterocycles. The predicted octanol–water partition coefficient (Wildman–Crippen LogP) is 3.75. The number of piperidine rings is 1. The molecule has 1 atom stereocenters. The highest BCUT2D eigenvalue weighted by molar-refractivity contribution is 5.94. The second kappa shape index (κ2) is 11.6. The molecule has 1 fully saturated rings. The molecule has 1 aromatic carbocycles. The van der Waals surface area contributed by atoms with Crippen molar-refractivity contribution in [2.75, 3.05) is 19.6 Å². The van der Waals surface area contributed by atoms with Gasteiger partial charge in [-0.1, -0.05) is 24.3 Å². The number of carboxylic acid groups (broad SMARTS) is 1. The monoisotopic (exact) mass is 477 g/mol. The number of aryl methyl sites for hydroxylation is 3. The van der Waals surface area contributed by atoms with Crippen LogP contribution in [-0.2, 0) is 28.9 Å². The van der Waals surface area contributed by atoms with Crippen LogP contribution in [0.3, 0.4) is 0 Å². The summed E-state index contributed by atoms with van der Waals surface area (Å²) in [4.78, 5) is 43.2. The lowest BCUT2D eigenvalue weighted by molar-refractivity contribution is -0.144. The maximum Gasteiger partial charge on any atom is 0.325 e. The molecular weight excluding hydrogens is 442 g/mol. The third-order valence-corrected chi connectivity index (χ3v) is 7.25. The van der Waals surface area contributed by atoms with Crippen LogP contribution in [0.15, 0.2) is 36.4 Å². The fraction of sp³-hybridized carbons (Fsp3) is 0.500. The topological polar surface area (TPSA) is 99.6 Å². The zero-order valence-electron chi connectivity index (χ0n) is 20.5. The third-order valence-electron chi connectivity index (χ3n) is 7.25. The second-order valence-electron chi connectivity index (χ2n) is 9.74. The summed E-state index contributed by atoms with van der Waals surface area (Å²) in [5, 5.41) is 12.9. The number of likely N-dealkylation sites (tertiary alicyclic amines) is 1. The van der Waals surface area contributed by atoms with Crippen LogP contribution in [-0.4, -0.2) is 52.3 Å². The van der Waals surface area contributed by atoms with E-state index in [1.165, 1.54) is 31.0 Å². The maximum absolute atomic E-state index is 12.7. The Hall–Kier alpha value is -3.06. The molecular formula is C28H35N3O4. The number of pyridine rings is 1. The maximum atomic E-state index is 12.7. The van der Waals surface area contributed by atoms with Gasteiger partial charge in [0.25, 0.3) is 0 Å². The average molecular weight is 478 g/mol. The van der Waals surface area contributed by atoms with Crippen LogP contribution in [0.1, 0.15) is 77.9 Å². The van der Waals surface area contributed by atoms with Gasteiger partial charge in [-0.3, -0.25) is 24.3 Å². The van der Waals surface area contributed by atoms with E-state index in [4.69, 9.17) is 4.98 Å². The summed E-state index contributed by atoms with van der Waals surface area (Å²) in [5.74, 6) is -1.09. The number of amides is 1. The number of Topliss-reactive ketones (excluding diaryl/α,β-unsaturated/α-hetero) is 1. The van der Waals surface area contributed by atoms with Gasteiger partial charge in [0.05, 0.1) is 0 Å². The summed E-state index contributed by atoms with van der Waals surface area (Å²) >= 11 is 0. The van der Waals surface area contributed by atoms with Crippen molar-refractivity contribution in [3.63, 3.8) is 0 Å². The number of hydrogen-bond donors (Lipinski definition) is 2. The van der Waals surface area contributed by atoms with Gasteiger partial charge in [0, 0.05) is 42.5 Å².